The van der Waals surface area contributed by atoms with Gasteiger partial charge in [-0.1, -0.05) is 27.2 Å². The Balaban J connectivity index is 2.56. The van der Waals surface area contributed by atoms with Crippen LogP contribution in [0.3, 0.4) is 0 Å². The summed E-state index contributed by atoms with van der Waals surface area (Å²) < 4.78 is 0. The van der Waals surface area contributed by atoms with Crippen molar-refractivity contribution in [1.29, 1.82) is 0 Å². The molecule has 17 heavy (non-hydrogen) atoms. The molecular weight excluding hydrogens is 214 g/mol. The summed E-state index contributed by atoms with van der Waals surface area (Å²) in [7, 11) is 0. The summed E-state index contributed by atoms with van der Waals surface area (Å²) in [5.74, 6) is 0.0781. The van der Waals surface area contributed by atoms with Crippen LogP contribution >= 0.6 is 0 Å². The fourth-order valence-electron chi connectivity index (χ4n) is 3.02. The van der Waals surface area contributed by atoms with Crippen molar-refractivity contribution in [3.63, 3.8) is 0 Å². The van der Waals surface area contributed by atoms with E-state index in [9.17, 15) is 9.90 Å². The molecule has 0 aromatic heterocycles. The van der Waals surface area contributed by atoms with Crippen molar-refractivity contribution in [1.82, 2.24) is 4.90 Å². The van der Waals surface area contributed by atoms with Crippen molar-refractivity contribution in [2.45, 2.75) is 52.9 Å². The average molecular weight is 241 g/mol. The number of carbonyl (C=O) groups is 1. The second-order valence-electron chi connectivity index (χ2n) is 5.67. The van der Waals surface area contributed by atoms with E-state index in [1.54, 1.807) is 0 Å². The van der Waals surface area contributed by atoms with Gasteiger partial charge < -0.3 is 10.0 Å². The van der Waals surface area contributed by atoms with Gasteiger partial charge in [0.25, 0.3) is 0 Å². The maximum absolute atomic E-state index is 11.4. The summed E-state index contributed by atoms with van der Waals surface area (Å²) in [5.41, 5.74) is -0.482. The van der Waals surface area contributed by atoms with E-state index in [1.807, 2.05) is 6.92 Å². The number of aliphatic carboxylic acids is 1. The first-order valence-electron chi connectivity index (χ1n) is 7.00. The molecule has 0 aromatic carbocycles. The van der Waals surface area contributed by atoms with Gasteiger partial charge in [0.15, 0.2) is 0 Å². The summed E-state index contributed by atoms with van der Waals surface area (Å²) in [6, 6.07) is 0. The SMILES string of the molecule is CCCC(C)CN1CCCC(CC)(C(=O)O)C1. The lowest BCUT2D eigenvalue weighted by molar-refractivity contribution is -0.153. The van der Waals surface area contributed by atoms with Crippen LogP contribution in [0.4, 0.5) is 0 Å². The minimum Gasteiger partial charge on any atom is -0.481 e. The fraction of sp³-hybridized carbons (Fsp3) is 0.929. The molecule has 0 aromatic rings. The molecule has 3 nitrogen and oxygen atoms in total. The monoisotopic (exact) mass is 241 g/mol. The van der Waals surface area contributed by atoms with Gasteiger partial charge in [-0.3, -0.25) is 4.79 Å². The maximum atomic E-state index is 11.4. The molecule has 0 amide bonds. The van der Waals surface area contributed by atoms with E-state index in [2.05, 4.69) is 18.7 Å². The van der Waals surface area contributed by atoms with Gasteiger partial charge in [-0.05, 0) is 38.1 Å². The van der Waals surface area contributed by atoms with Crippen LogP contribution in [0.25, 0.3) is 0 Å². The molecule has 1 fully saturated rings. The Morgan fingerprint density at radius 2 is 2.18 bits per heavy atom. The van der Waals surface area contributed by atoms with E-state index in [4.69, 9.17) is 0 Å². The molecule has 0 aliphatic carbocycles. The molecule has 0 saturated carbocycles. The average Bonchev–Trinajstić information content (AvgIpc) is 2.29. The third-order valence-electron chi connectivity index (χ3n) is 4.14. The predicted molar refractivity (Wildman–Crippen MR) is 70.1 cm³/mol. The van der Waals surface area contributed by atoms with Crippen molar-refractivity contribution in [2.24, 2.45) is 11.3 Å². The lowest BCUT2D eigenvalue weighted by Gasteiger charge is -2.40. The largest absolute Gasteiger partial charge is 0.481 e. The normalized spacial score (nSPS) is 27.9. The summed E-state index contributed by atoms with van der Waals surface area (Å²) in [6.45, 7) is 9.36. The molecule has 1 heterocycles. The zero-order valence-electron chi connectivity index (χ0n) is 11.5. The fourth-order valence-corrected chi connectivity index (χ4v) is 3.02. The number of carboxylic acids is 1. The standard InChI is InChI=1S/C14H27NO2/c1-4-7-12(3)10-15-9-6-8-14(5-2,11-15)13(16)17/h12H,4-11H2,1-3H3,(H,16,17). The molecule has 100 valence electrons. The first kappa shape index (κ1) is 14.5. The molecule has 2 unspecified atom stereocenters. The summed E-state index contributed by atoms with van der Waals surface area (Å²) in [6.07, 6.45) is 5.08. The number of likely N-dealkylation sites (tertiary alicyclic amines) is 1. The Morgan fingerprint density at radius 3 is 2.71 bits per heavy atom. The van der Waals surface area contributed by atoms with E-state index < -0.39 is 11.4 Å². The van der Waals surface area contributed by atoms with Crippen LogP contribution in [0.5, 0.6) is 0 Å². The quantitative estimate of drug-likeness (QED) is 0.777. The van der Waals surface area contributed by atoms with Crippen molar-refractivity contribution in [3.05, 3.63) is 0 Å². The molecule has 3 heteroatoms. The van der Waals surface area contributed by atoms with Gasteiger partial charge >= 0.3 is 5.97 Å². The summed E-state index contributed by atoms with van der Waals surface area (Å²) in [4.78, 5) is 13.8. The van der Waals surface area contributed by atoms with Crippen LogP contribution in [-0.4, -0.2) is 35.6 Å². The van der Waals surface area contributed by atoms with Gasteiger partial charge in [0.1, 0.15) is 0 Å². The Morgan fingerprint density at radius 1 is 1.47 bits per heavy atom. The van der Waals surface area contributed by atoms with Crippen LogP contribution in [0, 0.1) is 11.3 Å². The highest BCUT2D eigenvalue weighted by Crippen LogP contribution is 2.34. The van der Waals surface area contributed by atoms with Gasteiger partial charge in [-0.2, -0.15) is 0 Å². The topological polar surface area (TPSA) is 40.5 Å². The molecule has 2 atom stereocenters. The lowest BCUT2D eigenvalue weighted by atomic mass is 9.77. The highest BCUT2D eigenvalue weighted by atomic mass is 16.4. The molecule has 1 rings (SSSR count). The number of hydrogen-bond acceptors (Lipinski definition) is 2. The summed E-state index contributed by atoms with van der Waals surface area (Å²) in [5, 5.41) is 9.42. The smallest absolute Gasteiger partial charge is 0.310 e. The highest BCUT2D eigenvalue weighted by Gasteiger charge is 2.40. The minimum atomic E-state index is -0.604. The molecule has 1 saturated heterocycles. The number of rotatable bonds is 6. The van der Waals surface area contributed by atoms with Crippen molar-refractivity contribution >= 4 is 5.97 Å². The minimum absolute atomic E-state index is 0.482. The summed E-state index contributed by atoms with van der Waals surface area (Å²) >= 11 is 0. The first-order chi connectivity index (χ1) is 8.04. The molecule has 0 radical (unpaired) electrons. The van der Waals surface area contributed by atoms with Crippen LogP contribution in [0.1, 0.15) is 52.9 Å². The first-order valence-corrected chi connectivity index (χ1v) is 7.00. The Hall–Kier alpha value is -0.570. The number of carboxylic acid groups (broad SMARTS) is 1. The van der Waals surface area contributed by atoms with Gasteiger partial charge in [-0.15, -0.1) is 0 Å². The van der Waals surface area contributed by atoms with E-state index in [0.717, 1.165) is 38.9 Å². The molecule has 1 aliphatic heterocycles. The van der Waals surface area contributed by atoms with Crippen molar-refractivity contribution < 1.29 is 9.90 Å². The van der Waals surface area contributed by atoms with Gasteiger partial charge in [0.2, 0.25) is 0 Å². The van der Waals surface area contributed by atoms with Crippen LogP contribution in [0.2, 0.25) is 0 Å². The highest BCUT2D eigenvalue weighted by molar-refractivity contribution is 5.75. The second kappa shape index (κ2) is 6.39. The zero-order valence-corrected chi connectivity index (χ0v) is 11.5. The maximum Gasteiger partial charge on any atom is 0.310 e. The Labute approximate surface area is 105 Å². The van der Waals surface area contributed by atoms with Crippen molar-refractivity contribution in [2.75, 3.05) is 19.6 Å². The third-order valence-corrected chi connectivity index (χ3v) is 4.14. The molecule has 1 N–H and O–H groups in total. The lowest BCUT2D eigenvalue weighted by Crippen LogP contribution is -2.48. The van der Waals surface area contributed by atoms with Gasteiger partial charge in [0.05, 0.1) is 5.41 Å². The second-order valence-corrected chi connectivity index (χ2v) is 5.67. The van der Waals surface area contributed by atoms with Crippen LogP contribution in [-0.2, 0) is 4.79 Å². The number of piperidine rings is 1. The molecule has 1 aliphatic rings. The van der Waals surface area contributed by atoms with Gasteiger partial charge in [0, 0.05) is 13.1 Å². The van der Waals surface area contributed by atoms with E-state index >= 15 is 0 Å². The third kappa shape index (κ3) is 3.70. The molecular formula is C14H27NO2. The van der Waals surface area contributed by atoms with Gasteiger partial charge in [-0.25, -0.2) is 0 Å². The number of hydrogen-bond donors (Lipinski definition) is 1. The Kier molecular flexibility index (Phi) is 5.44. The zero-order chi connectivity index (χ0) is 12.9. The van der Waals surface area contributed by atoms with E-state index in [-0.39, 0.29) is 0 Å². The van der Waals surface area contributed by atoms with E-state index in [1.165, 1.54) is 12.8 Å². The molecule has 0 spiro atoms. The van der Waals surface area contributed by atoms with Crippen LogP contribution < -0.4 is 0 Å². The van der Waals surface area contributed by atoms with Crippen LogP contribution in [0.15, 0.2) is 0 Å². The Bertz CT molecular complexity index is 255. The van der Waals surface area contributed by atoms with Crippen molar-refractivity contribution in [3.8, 4) is 0 Å². The predicted octanol–water partition coefficient (Wildman–Crippen LogP) is 3.00. The van der Waals surface area contributed by atoms with E-state index in [0.29, 0.717) is 5.92 Å². The number of nitrogens with zero attached hydrogens (tertiary/aromatic N) is 1. The molecule has 0 bridgehead atoms.